The highest BCUT2D eigenvalue weighted by atomic mass is 32.2. The maximum atomic E-state index is 13.0. The molecule has 1 amide bonds. The van der Waals surface area contributed by atoms with Gasteiger partial charge in [0.05, 0.1) is 5.25 Å². The molecule has 0 spiro atoms. The van der Waals surface area contributed by atoms with Crippen molar-refractivity contribution in [2.45, 2.75) is 74.2 Å². The Morgan fingerprint density at radius 3 is 2.48 bits per heavy atom. The number of amides is 1. The van der Waals surface area contributed by atoms with Crippen LogP contribution in [0.15, 0.2) is 35.5 Å². The van der Waals surface area contributed by atoms with E-state index in [-0.39, 0.29) is 11.2 Å². The SMILES string of the molecule is CC(Sc1nnc(C2CC2)n1-c1ccccc1)C(=O)N(C)C1CCCCC1. The topological polar surface area (TPSA) is 51.0 Å². The van der Waals surface area contributed by atoms with Gasteiger partial charge in [-0.2, -0.15) is 0 Å². The Labute approximate surface area is 165 Å². The van der Waals surface area contributed by atoms with Gasteiger partial charge in [-0.3, -0.25) is 9.36 Å². The van der Waals surface area contributed by atoms with E-state index in [2.05, 4.69) is 26.9 Å². The summed E-state index contributed by atoms with van der Waals surface area (Å²) in [7, 11) is 1.97. The van der Waals surface area contributed by atoms with Crippen LogP contribution in [0.4, 0.5) is 0 Å². The van der Waals surface area contributed by atoms with E-state index < -0.39 is 0 Å². The van der Waals surface area contributed by atoms with Crippen molar-refractivity contribution in [3.8, 4) is 5.69 Å². The fourth-order valence-corrected chi connectivity index (χ4v) is 4.90. The molecule has 2 aliphatic carbocycles. The van der Waals surface area contributed by atoms with Crippen molar-refractivity contribution in [1.82, 2.24) is 19.7 Å². The first-order chi connectivity index (χ1) is 13.1. The Hall–Kier alpha value is -1.82. The van der Waals surface area contributed by atoms with Crippen LogP contribution in [0.2, 0.25) is 0 Å². The zero-order valence-corrected chi connectivity index (χ0v) is 17.0. The summed E-state index contributed by atoms with van der Waals surface area (Å²) in [6.45, 7) is 1.99. The number of hydrogen-bond donors (Lipinski definition) is 0. The zero-order valence-electron chi connectivity index (χ0n) is 16.2. The van der Waals surface area contributed by atoms with Crippen LogP contribution in [-0.2, 0) is 4.79 Å². The molecule has 2 aliphatic rings. The Morgan fingerprint density at radius 2 is 1.81 bits per heavy atom. The van der Waals surface area contributed by atoms with Crippen LogP contribution >= 0.6 is 11.8 Å². The first-order valence-electron chi connectivity index (χ1n) is 10.1. The fraction of sp³-hybridized carbons (Fsp3) is 0.571. The molecule has 144 valence electrons. The van der Waals surface area contributed by atoms with Crippen molar-refractivity contribution >= 4 is 17.7 Å². The highest BCUT2D eigenvalue weighted by Gasteiger charge is 2.32. The average Bonchev–Trinajstić information content (AvgIpc) is 3.48. The summed E-state index contributed by atoms with van der Waals surface area (Å²) >= 11 is 1.53. The van der Waals surface area contributed by atoms with Gasteiger partial charge in [-0.15, -0.1) is 10.2 Å². The number of nitrogens with zero attached hydrogens (tertiary/aromatic N) is 4. The third kappa shape index (κ3) is 4.05. The maximum Gasteiger partial charge on any atom is 0.235 e. The predicted molar refractivity (Wildman–Crippen MR) is 108 cm³/mol. The first-order valence-corrected chi connectivity index (χ1v) is 11.0. The van der Waals surface area contributed by atoms with E-state index in [9.17, 15) is 4.79 Å². The third-order valence-corrected chi connectivity index (χ3v) is 6.75. The van der Waals surface area contributed by atoms with E-state index in [0.29, 0.717) is 12.0 Å². The second-order valence-electron chi connectivity index (χ2n) is 7.79. The number of rotatable bonds is 6. The van der Waals surface area contributed by atoms with Gasteiger partial charge in [0.15, 0.2) is 5.16 Å². The Bertz CT molecular complexity index is 781. The molecule has 2 aromatic rings. The summed E-state index contributed by atoms with van der Waals surface area (Å²) in [5.74, 6) is 1.73. The molecule has 27 heavy (non-hydrogen) atoms. The molecule has 2 saturated carbocycles. The lowest BCUT2D eigenvalue weighted by molar-refractivity contribution is -0.131. The zero-order chi connectivity index (χ0) is 18.8. The molecule has 6 heteroatoms. The minimum atomic E-state index is -0.171. The largest absolute Gasteiger partial charge is 0.342 e. The van der Waals surface area contributed by atoms with Crippen LogP contribution in [-0.4, -0.2) is 43.9 Å². The molecule has 0 aliphatic heterocycles. The standard InChI is InChI=1S/C21H28N4OS/c1-15(20(26)24(2)17-9-5-3-6-10-17)27-21-23-22-19(16-13-14-16)25(21)18-11-7-4-8-12-18/h4,7-8,11-12,15-17H,3,5-6,9-10,13-14H2,1-2H3. The van der Waals surface area contributed by atoms with Gasteiger partial charge in [0.1, 0.15) is 5.82 Å². The van der Waals surface area contributed by atoms with Crippen molar-refractivity contribution in [3.05, 3.63) is 36.2 Å². The van der Waals surface area contributed by atoms with Gasteiger partial charge in [-0.05, 0) is 44.7 Å². The van der Waals surface area contributed by atoms with Crippen LogP contribution in [0.25, 0.3) is 5.69 Å². The Balaban J connectivity index is 1.52. The molecular formula is C21H28N4OS. The van der Waals surface area contributed by atoms with Crippen molar-refractivity contribution in [2.75, 3.05) is 7.05 Å². The molecule has 2 fully saturated rings. The summed E-state index contributed by atoms with van der Waals surface area (Å²) in [4.78, 5) is 15.0. The molecule has 1 unspecified atom stereocenters. The van der Waals surface area contributed by atoms with E-state index in [0.717, 1.165) is 29.5 Å². The van der Waals surface area contributed by atoms with Gasteiger partial charge >= 0.3 is 0 Å². The minimum Gasteiger partial charge on any atom is -0.342 e. The molecule has 0 saturated heterocycles. The third-order valence-electron chi connectivity index (χ3n) is 5.72. The van der Waals surface area contributed by atoms with Gasteiger partial charge < -0.3 is 4.90 Å². The molecule has 5 nitrogen and oxygen atoms in total. The molecule has 0 N–H and O–H groups in total. The lowest BCUT2D eigenvalue weighted by atomic mass is 9.94. The molecule has 0 radical (unpaired) electrons. The molecule has 4 rings (SSSR count). The summed E-state index contributed by atoms with van der Waals surface area (Å²) in [5, 5.41) is 9.57. The molecule has 1 heterocycles. The van der Waals surface area contributed by atoms with Crippen LogP contribution in [0.5, 0.6) is 0 Å². The lowest BCUT2D eigenvalue weighted by Gasteiger charge is -2.32. The Kier molecular flexibility index (Phi) is 5.53. The van der Waals surface area contributed by atoms with Crippen molar-refractivity contribution in [1.29, 1.82) is 0 Å². The minimum absolute atomic E-state index is 0.171. The van der Waals surface area contributed by atoms with Gasteiger partial charge in [0, 0.05) is 24.7 Å². The molecule has 1 atom stereocenters. The van der Waals surface area contributed by atoms with E-state index in [4.69, 9.17) is 0 Å². The van der Waals surface area contributed by atoms with Crippen molar-refractivity contribution in [3.63, 3.8) is 0 Å². The lowest BCUT2D eigenvalue weighted by Crippen LogP contribution is -2.42. The number of thioether (sulfide) groups is 1. The van der Waals surface area contributed by atoms with Gasteiger partial charge in [0.2, 0.25) is 5.91 Å². The number of aromatic nitrogens is 3. The smallest absolute Gasteiger partial charge is 0.235 e. The summed E-state index contributed by atoms with van der Waals surface area (Å²) in [5.41, 5.74) is 1.08. The second-order valence-corrected chi connectivity index (χ2v) is 9.10. The predicted octanol–water partition coefficient (Wildman–Crippen LogP) is 4.42. The quantitative estimate of drug-likeness (QED) is 0.692. The second kappa shape index (κ2) is 8.05. The van der Waals surface area contributed by atoms with E-state index in [1.54, 1.807) is 0 Å². The van der Waals surface area contributed by atoms with Crippen LogP contribution in [0.3, 0.4) is 0 Å². The molecule has 0 bridgehead atoms. The maximum absolute atomic E-state index is 13.0. The average molecular weight is 385 g/mol. The summed E-state index contributed by atoms with van der Waals surface area (Å²) in [6, 6.07) is 10.6. The molecular weight excluding hydrogens is 356 g/mol. The highest BCUT2D eigenvalue weighted by Crippen LogP contribution is 2.41. The number of carbonyl (C=O) groups excluding carboxylic acids is 1. The molecule has 1 aromatic heterocycles. The van der Waals surface area contributed by atoms with Crippen molar-refractivity contribution < 1.29 is 4.79 Å². The van der Waals surface area contributed by atoms with Crippen LogP contribution in [0.1, 0.15) is 63.6 Å². The number of benzene rings is 1. The summed E-state index contributed by atoms with van der Waals surface area (Å²) in [6.07, 6.45) is 8.38. The van der Waals surface area contributed by atoms with Gasteiger partial charge in [0.25, 0.3) is 0 Å². The van der Waals surface area contributed by atoms with Crippen molar-refractivity contribution in [2.24, 2.45) is 0 Å². The van der Waals surface area contributed by atoms with Gasteiger partial charge in [-0.1, -0.05) is 49.2 Å². The normalized spacial score (nSPS) is 19.0. The van der Waals surface area contributed by atoms with E-state index in [1.165, 1.54) is 43.9 Å². The Morgan fingerprint density at radius 1 is 1.11 bits per heavy atom. The fourth-order valence-electron chi connectivity index (χ4n) is 3.93. The first kappa shape index (κ1) is 18.5. The number of carbonyl (C=O) groups is 1. The molecule has 1 aromatic carbocycles. The van der Waals surface area contributed by atoms with Gasteiger partial charge in [-0.25, -0.2) is 0 Å². The highest BCUT2D eigenvalue weighted by molar-refractivity contribution is 8.00. The van der Waals surface area contributed by atoms with Crippen LogP contribution < -0.4 is 0 Å². The number of para-hydroxylation sites is 1. The monoisotopic (exact) mass is 384 g/mol. The number of hydrogen-bond acceptors (Lipinski definition) is 4. The van der Waals surface area contributed by atoms with Crippen LogP contribution in [0, 0.1) is 0 Å². The van der Waals surface area contributed by atoms with E-state index in [1.807, 2.05) is 37.1 Å². The summed E-state index contributed by atoms with van der Waals surface area (Å²) < 4.78 is 2.15. The van der Waals surface area contributed by atoms with E-state index >= 15 is 0 Å².